The van der Waals surface area contributed by atoms with Crippen LogP contribution in [0.4, 0.5) is 0 Å². The summed E-state index contributed by atoms with van der Waals surface area (Å²) >= 11 is 0. The van der Waals surface area contributed by atoms with Crippen LogP contribution in [-0.4, -0.2) is 17.6 Å². The fourth-order valence-corrected chi connectivity index (χ4v) is 0.253. The molecular formula is C6H15NO2. The van der Waals surface area contributed by atoms with E-state index in [0.717, 1.165) is 0 Å². The van der Waals surface area contributed by atoms with E-state index in [4.69, 9.17) is 10.8 Å². The summed E-state index contributed by atoms with van der Waals surface area (Å²) < 4.78 is 0. The Morgan fingerprint density at radius 2 is 2.00 bits per heavy atom. The Balaban J connectivity index is 0. The molecule has 0 radical (unpaired) electrons. The molecule has 0 rings (SSSR count). The van der Waals surface area contributed by atoms with Crippen molar-refractivity contribution in [3.05, 3.63) is 0 Å². The first-order chi connectivity index (χ1) is 4.27. The second-order valence-electron chi connectivity index (χ2n) is 1.29. The minimum Gasteiger partial charge on any atom is -0.396 e. The number of carbonyl (C=O) groups excluding carboxylic acids is 1. The van der Waals surface area contributed by atoms with E-state index in [1.807, 2.05) is 13.8 Å². The van der Waals surface area contributed by atoms with Crippen LogP contribution in [0, 0.1) is 0 Å². The van der Waals surface area contributed by atoms with Gasteiger partial charge in [0.1, 0.15) is 0 Å². The lowest BCUT2D eigenvalue weighted by Gasteiger charge is -1.86. The number of amides is 1. The van der Waals surface area contributed by atoms with Crippen LogP contribution in [0.5, 0.6) is 0 Å². The summed E-state index contributed by atoms with van der Waals surface area (Å²) in [6.45, 7) is 4.04. The zero-order valence-electron chi connectivity index (χ0n) is 6.05. The summed E-state index contributed by atoms with van der Waals surface area (Å²) in [5.74, 6) is -0.353. The molecule has 0 unspecified atom stereocenters. The first kappa shape index (κ1) is 11.3. The van der Waals surface area contributed by atoms with E-state index in [9.17, 15) is 4.79 Å². The van der Waals surface area contributed by atoms with E-state index in [2.05, 4.69) is 0 Å². The van der Waals surface area contributed by atoms with Gasteiger partial charge in [0.05, 0.1) is 0 Å². The monoisotopic (exact) mass is 133 g/mol. The van der Waals surface area contributed by atoms with Crippen molar-refractivity contribution in [2.75, 3.05) is 6.61 Å². The third kappa shape index (κ3) is 18.6. The lowest BCUT2D eigenvalue weighted by molar-refractivity contribution is -0.118. The third-order valence-electron chi connectivity index (χ3n) is 0.581. The number of hydrogen-bond donors (Lipinski definition) is 2. The van der Waals surface area contributed by atoms with Crippen molar-refractivity contribution >= 4 is 5.91 Å². The summed E-state index contributed by atoms with van der Waals surface area (Å²) in [4.78, 5) is 9.87. The molecule has 0 fully saturated rings. The average molecular weight is 133 g/mol. The molecule has 0 aliphatic rings. The number of rotatable bonds is 3. The molecule has 0 spiro atoms. The Bertz CT molecular complexity index is 64.1. The quantitative estimate of drug-likeness (QED) is 0.580. The Hall–Kier alpha value is -0.570. The van der Waals surface area contributed by atoms with Crippen LogP contribution in [0.1, 0.15) is 26.7 Å². The second kappa shape index (κ2) is 10.4. The summed E-state index contributed by atoms with van der Waals surface area (Å²) in [5.41, 5.74) is 4.73. The van der Waals surface area contributed by atoms with E-state index in [-0.39, 0.29) is 18.9 Å². The highest BCUT2D eigenvalue weighted by molar-refractivity contribution is 5.73. The van der Waals surface area contributed by atoms with Crippen molar-refractivity contribution in [3.8, 4) is 0 Å². The average Bonchev–Trinajstić information content (AvgIpc) is 1.88. The van der Waals surface area contributed by atoms with Crippen LogP contribution in [-0.2, 0) is 4.79 Å². The van der Waals surface area contributed by atoms with Crippen LogP contribution in [0.3, 0.4) is 0 Å². The lowest BCUT2D eigenvalue weighted by Crippen LogP contribution is -2.10. The van der Waals surface area contributed by atoms with Crippen molar-refractivity contribution in [2.24, 2.45) is 5.73 Å². The number of aliphatic hydroxyl groups is 1. The van der Waals surface area contributed by atoms with Crippen LogP contribution >= 0.6 is 0 Å². The normalized spacial score (nSPS) is 7.44. The molecule has 0 aromatic carbocycles. The number of nitrogens with two attached hydrogens (primary N) is 1. The molecule has 3 nitrogen and oxygen atoms in total. The molecule has 0 bridgehead atoms. The van der Waals surface area contributed by atoms with Gasteiger partial charge in [0.25, 0.3) is 0 Å². The first-order valence-electron chi connectivity index (χ1n) is 3.16. The molecule has 3 N–H and O–H groups in total. The zero-order valence-corrected chi connectivity index (χ0v) is 6.05. The smallest absolute Gasteiger partial charge is 0.217 e. The maximum atomic E-state index is 9.87. The van der Waals surface area contributed by atoms with Crippen molar-refractivity contribution in [1.29, 1.82) is 0 Å². The standard InChI is InChI=1S/C4H9NO2.C2H6/c5-4(7)2-1-3-6;1-2/h6H,1-3H2,(H2,5,7);1-2H3. The lowest BCUT2D eigenvalue weighted by atomic mass is 10.3. The van der Waals surface area contributed by atoms with Crippen LogP contribution < -0.4 is 5.73 Å². The fourth-order valence-electron chi connectivity index (χ4n) is 0.253. The van der Waals surface area contributed by atoms with Gasteiger partial charge in [-0.15, -0.1) is 0 Å². The molecule has 0 saturated carbocycles. The number of carbonyl (C=O) groups is 1. The van der Waals surface area contributed by atoms with Gasteiger partial charge in [-0.2, -0.15) is 0 Å². The molecule has 0 aromatic heterocycles. The predicted molar refractivity (Wildman–Crippen MR) is 36.9 cm³/mol. The molecule has 0 aromatic rings. The van der Waals surface area contributed by atoms with Crippen LogP contribution in [0.25, 0.3) is 0 Å². The summed E-state index contributed by atoms with van der Waals surface area (Å²) in [7, 11) is 0. The summed E-state index contributed by atoms with van der Waals surface area (Å²) in [6.07, 6.45) is 0.770. The minimum atomic E-state index is -0.353. The Labute approximate surface area is 55.9 Å². The molecule has 9 heavy (non-hydrogen) atoms. The van der Waals surface area contributed by atoms with Crippen molar-refractivity contribution in [1.82, 2.24) is 0 Å². The zero-order chi connectivity index (χ0) is 7.70. The molecule has 0 saturated heterocycles. The SMILES string of the molecule is CC.NC(=O)CCCO. The van der Waals surface area contributed by atoms with Crippen molar-refractivity contribution in [2.45, 2.75) is 26.7 Å². The highest BCUT2D eigenvalue weighted by Crippen LogP contribution is 1.81. The molecule has 56 valence electrons. The van der Waals surface area contributed by atoms with Gasteiger partial charge in [-0.05, 0) is 6.42 Å². The highest BCUT2D eigenvalue weighted by atomic mass is 16.3. The fraction of sp³-hybridized carbons (Fsp3) is 0.833. The van der Waals surface area contributed by atoms with Gasteiger partial charge in [-0.3, -0.25) is 4.79 Å². The molecule has 0 atom stereocenters. The van der Waals surface area contributed by atoms with Gasteiger partial charge in [0, 0.05) is 13.0 Å². The van der Waals surface area contributed by atoms with Gasteiger partial charge in [-0.1, -0.05) is 13.8 Å². The van der Waals surface area contributed by atoms with Gasteiger partial charge in [0.15, 0.2) is 0 Å². The molecule has 0 aliphatic heterocycles. The topological polar surface area (TPSA) is 63.3 Å². The molecule has 3 heteroatoms. The maximum absolute atomic E-state index is 9.87. The summed E-state index contributed by atoms with van der Waals surface area (Å²) in [6, 6.07) is 0. The van der Waals surface area contributed by atoms with E-state index in [0.29, 0.717) is 6.42 Å². The Kier molecular flexibility index (Phi) is 13.0. The molecule has 0 aliphatic carbocycles. The number of hydrogen-bond acceptors (Lipinski definition) is 2. The van der Waals surface area contributed by atoms with Gasteiger partial charge in [-0.25, -0.2) is 0 Å². The predicted octanol–water partition coefficient (Wildman–Crippen LogP) is 0.270. The Morgan fingerprint density at radius 1 is 1.56 bits per heavy atom. The number of primary amides is 1. The molecule has 0 heterocycles. The maximum Gasteiger partial charge on any atom is 0.217 e. The summed E-state index contributed by atoms with van der Waals surface area (Å²) in [5, 5.41) is 8.11. The van der Waals surface area contributed by atoms with Gasteiger partial charge in [0.2, 0.25) is 5.91 Å². The third-order valence-corrected chi connectivity index (χ3v) is 0.581. The largest absolute Gasteiger partial charge is 0.396 e. The minimum absolute atomic E-state index is 0.0446. The van der Waals surface area contributed by atoms with Gasteiger partial charge < -0.3 is 10.8 Å². The van der Waals surface area contributed by atoms with E-state index in [1.54, 1.807) is 0 Å². The van der Waals surface area contributed by atoms with E-state index >= 15 is 0 Å². The van der Waals surface area contributed by atoms with Crippen LogP contribution in [0.15, 0.2) is 0 Å². The van der Waals surface area contributed by atoms with Crippen LogP contribution in [0.2, 0.25) is 0 Å². The van der Waals surface area contributed by atoms with Gasteiger partial charge >= 0.3 is 0 Å². The second-order valence-corrected chi connectivity index (χ2v) is 1.29. The highest BCUT2D eigenvalue weighted by Gasteiger charge is 1.88. The first-order valence-corrected chi connectivity index (χ1v) is 3.16. The van der Waals surface area contributed by atoms with Crippen molar-refractivity contribution in [3.63, 3.8) is 0 Å². The number of aliphatic hydroxyl groups excluding tert-OH is 1. The van der Waals surface area contributed by atoms with E-state index in [1.165, 1.54) is 0 Å². The van der Waals surface area contributed by atoms with Crippen molar-refractivity contribution < 1.29 is 9.90 Å². The molecular weight excluding hydrogens is 118 g/mol. The Morgan fingerprint density at radius 3 is 2.11 bits per heavy atom. The van der Waals surface area contributed by atoms with E-state index < -0.39 is 0 Å². The molecule has 1 amide bonds.